The van der Waals surface area contributed by atoms with E-state index >= 15 is 0 Å². The molecule has 0 bridgehead atoms. The van der Waals surface area contributed by atoms with Crippen molar-refractivity contribution in [1.82, 2.24) is 15.1 Å². The first kappa shape index (κ1) is 21.2. The van der Waals surface area contributed by atoms with Gasteiger partial charge < -0.3 is 10.6 Å². The van der Waals surface area contributed by atoms with Gasteiger partial charge in [0.1, 0.15) is 17.5 Å². The summed E-state index contributed by atoms with van der Waals surface area (Å²) in [4.78, 5) is 24.4. The summed E-state index contributed by atoms with van der Waals surface area (Å²) in [6, 6.07) is 18.5. The predicted molar refractivity (Wildman–Crippen MR) is 117 cm³/mol. The SMILES string of the molecule is O=C(CCNC(=O)c1ccc(F)cc1F)Nc1ccnn1Cc1cccc2ccccc12. The zero-order valence-electron chi connectivity index (χ0n) is 17.0. The Morgan fingerprint density at radius 3 is 2.62 bits per heavy atom. The van der Waals surface area contributed by atoms with E-state index in [9.17, 15) is 18.4 Å². The minimum Gasteiger partial charge on any atom is -0.351 e. The molecule has 8 heteroatoms. The van der Waals surface area contributed by atoms with Gasteiger partial charge in [0.25, 0.3) is 5.91 Å². The Labute approximate surface area is 182 Å². The molecule has 2 amide bonds. The Balaban J connectivity index is 1.35. The van der Waals surface area contributed by atoms with Crippen molar-refractivity contribution in [2.75, 3.05) is 11.9 Å². The molecule has 3 aromatic carbocycles. The molecule has 0 spiro atoms. The van der Waals surface area contributed by atoms with E-state index in [4.69, 9.17) is 0 Å². The summed E-state index contributed by atoms with van der Waals surface area (Å²) >= 11 is 0. The van der Waals surface area contributed by atoms with E-state index in [1.54, 1.807) is 16.9 Å². The second-order valence-corrected chi connectivity index (χ2v) is 7.19. The first-order valence-electron chi connectivity index (χ1n) is 10.0. The fourth-order valence-electron chi connectivity index (χ4n) is 3.42. The molecule has 6 nitrogen and oxygen atoms in total. The van der Waals surface area contributed by atoms with Gasteiger partial charge in [-0.2, -0.15) is 5.10 Å². The van der Waals surface area contributed by atoms with Crippen LogP contribution in [0.3, 0.4) is 0 Å². The maximum Gasteiger partial charge on any atom is 0.254 e. The summed E-state index contributed by atoms with van der Waals surface area (Å²) in [6.07, 6.45) is 1.58. The zero-order valence-corrected chi connectivity index (χ0v) is 17.0. The molecule has 1 aromatic heterocycles. The van der Waals surface area contributed by atoms with Gasteiger partial charge >= 0.3 is 0 Å². The lowest BCUT2D eigenvalue weighted by molar-refractivity contribution is -0.116. The number of aromatic nitrogens is 2. The van der Waals surface area contributed by atoms with Crippen LogP contribution >= 0.6 is 0 Å². The number of anilines is 1. The smallest absolute Gasteiger partial charge is 0.254 e. The van der Waals surface area contributed by atoms with Crippen LogP contribution in [0.1, 0.15) is 22.3 Å². The lowest BCUT2D eigenvalue weighted by Crippen LogP contribution is -2.28. The number of nitrogens with one attached hydrogen (secondary N) is 2. The fourth-order valence-corrected chi connectivity index (χ4v) is 3.42. The van der Waals surface area contributed by atoms with Crippen LogP contribution in [0.15, 0.2) is 72.9 Å². The van der Waals surface area contributed by atoms with Gasteiger partial charge in [0.15, 0.2) is 0 Å². The molecule has 0 unspecified atom stereocenters. The molecule has 0 aliphatic carbocycles. The number of halogens is 2. The second-order valence-electron chi connectivity index (χ2n) is 7.19. The molecule has 162 valence electrons. The number of carbonyl (C=O) groups is 2. The summed E-state index contributed by atoms with van der Waals surface area (Å²) in [5.74, 6) is -2.23. The minimum absolute atomic E-state index is 0.00105. The summed E-state index contributed by atoms with van der Waals surface area (Å²) in [5, 5.41) is 11.8. The van der Waals surface area contributed by atoms with E-state index in [0.717, 1.165) is 28.5 Å². The number of hydrogen-bond donors (Lipinski definition) is 2. The maximum absolute atomic E-state index is 13.7. The van der Waals surface area contributed by atoms with Crippen LogP contribution in [0, 0.1) is 11.6 Å². The molecule has 1 heterocycles. The Kier molecular flexibility index (Phi) is 6.21. The quantitative estimate of drug-likeness (QED) is 0.459. The molecular formula is C24H20F2N4O2. The molecule has 32 heavy (non-hydrogen) atoms. The lowest BCUT2D eigenvalue weighted by atomic mass is 10.0. The van der Waals surface area contributed by atoms with Crippen molar-refractivity contribution in [3.8, 4) is 0 Å². The van der Waals surface area contributed by atoms with Crippen LogP contribution in [0.25, 0.3) is 10.8 Å². The number of fused-ring (bicyclic) bond motifs is 1. The molecule has 0 saturated carbocycles. The number of hydrogen-bond acceptors (Lipinski definition) is 3. The number of carbonyl (C=O) groups excluding carboxylic acids is 2. The van der Waals surface area contributed by atoms with Crippen LogP contribution in [-0.2, 0) is 11.3 Å². The van der Waals surface area contributed by atoms with Crippen molar-refractivity contribution < 1.29 is 18.4 Å². The number of benzene rings is 3. The average molecular weight is 434 g/mol. The highest BCUT2D eigenvalue weighted by molar-refractivity contribution is 5.95. The Morgan fingerprint density at radius 1 is 0.969 bits per heavy atom. The predicted octanol–water partition coefficient (Wildman–Crippen LogP) is 4.12. The Bertz CT molecular complexity index is 1280. The topological polar surface area (TPSA) is 76.0 Å². The third-order valence-corrected chi connectivity index (χ3v) is 5.00. The maximum atomic E-state index is 13.7. The van der Waals surface area contributed by atoms with E-state index in [1.807, 2.05) is 42.5 Å². The first-order valence-corrected chi connectivity index (χ1v) is 10.0. The summed E-state index contributed by atoms with van der Waals surface area (Å²) in [7, 11) is 0. The van der Waals surface area contributed by atoms with Crippen LogP contribution in [-0.4, -0.2) is 28.1 Å². The number of rotatable bonds is 7. The van der Waals surface area contributed by atoms with Gasteiger partial charge in [-0.1, -0.05) is 42.5 Å². The van der Waals surface area contributed by atoms with Crippen molar-refractivity contribution >= 4 is 28.4 Å². The van der Waals surface area contributed by atoms with Crippen molar-refractivity contribution in [1.29, 1.82) is 0 Å². The first-order chi connectivity index (χ1) is 15.5. The van der Waals surface area contributed by atoms with Gasteiger partial charge in [0, 0.05) is 25.1 Å². The molecule has 2 N–H and O–H groups in total. The van der Waals surface area contributed by atoms with E-state index in [1.165, 1.54) is 0 Å². The van der Waals surface area contributed by atoms with Gasteiger partial charge in [-0.05, 0) is 28.5 Å². The van der Waals surface area contributed by atoms with Crippen molar-refractivity contribution in [3.05, 3.63) is 95.7 Å². The highest BCUT2D eigenvalue weighted by atomic mass is 19.1. The second kappa shape index (κ2) is 9.38. The number of amides is 2. The fraction of sp³-hybridized carbons (Fsp3) is 0.125. The summed E-state index contributed by atoms with van der Waals surface area (Å²) in [6.45, 7) is 0.476. The van der Waals surface area contributed by atoms with Crippen LogP contribution in [0.4, 0.5) is 14.6 Å². The lowest BCUT2D eigenvalue weighted by Gasteiger charge is -2.11. The van der Waals surface area contributed by atoms with E-state index < -0.39 is 17.5 Å². The molecule has 0 aliphatic heterocycles. The van der Waals surface area contributed by atoms with Gasteiger partial charge in [-0.3, -0.25) is 9.59 Å². The van der Waals surface area contributed by atoms with Gasteiger partial charge in [0.2, 0.25) is 5.91 Å². The number of nitrogens with zero attached hydrogens (tertiary/aromatic N) is 2. The van der Waals surface area contributed by atoms with Crippen LogP contribution in [0.2, 0.25) is 0 Å². The summed E-state index contributed by atoms with van der Waals surface area (Å²) in [5.41, 5.74) is 0.788. The van der Waals surface area contributed by atoms with E-state index in [0.29, 0.717) is 18.4 Å². The van der Waals surface area contributed by atoms with Gasteiger partial charge in [0.05, 0.1) is 18.3 Å². The molecule has 0 radical (unpaired) electrons. The van der Waals surface area contributed by atoms with E-state index in [-0.39, 0.29) is 24.4 Å². The molecule has 4 rings (SSSR count). The standard InChI is InChI=1S/C24H20F2N4O2/c25-18-8-9-20(21(26)14-18)24(32)27-12-11-23(31)29-22-10-13-28-30(22)15-17-6-3-5-16-4-1-2-7-19(16)17/h1-10,13-14H,11-12,15H2,(H,27,32)(H,29,31). The van der Waals surface area contributed by atoms with Crippen molar-refractivity contribution in [2.24, 2.45) is 0 Å². The van der Waals surface area contributed by atoms with Crippen LogP contribution < -0.4 is 10.6 Å². The molecule has 0 aliphatic rings. The van der Waals surface area contributed by atoms with Crippen molar-refractivity contribution in [2.45, 2.75) is 13.0 Å². The molecule has 0 saturated heterocycles. The van der Waals surface area contributed by atoms with Crippen molar-refractivity contribution in [3.63, 3.8) is 0 Å². The average Bonchev–Trinajstić information content (AvgIpc) is 3.20. The summed E-state index contributed by atoms with van der Waals surface area (Å²) < 4.78 is 28.3. The third-order valence-electron chi connectivity index (χ3n) is 5.00. The molecular weight excluding hydrogens is 414 g/mol. The van der Waals surface area contributed by atoms with Crippen LogP contribution in [0.5, 0.6) is 0 Å². The zero-order chi connectivity index (χ0) is 22.5. The van der Waals surface area contributed by atoms with Gasteiger partial charge in [-0.25, -0.2) is 13.5 Å². The monoisotopic (exact) mass is 434 g/mol. The molecule has 0 fully saturated rings. The minimum atomic E-state index is -0.954. The van der Waals surface area contributed by atoms with E-state index in [2.05, 4.69) is 15.7 Å². The Morgan fingerprint density at radius 2 is 1.78 bits per heavy atom. The third kappa shape index (κ3) is 4.80. The highest BCUT2D eigenvalue weighted by Gasteiger charge is 2.13. The normalized spacial score (nSPS) is 10.8. The largest absolute Gasteiger partial charge is 0.351 e. The molecule has 0 atom stereocenters. The van der Waals surface area contributed by atoms with Gasteiger partial charge in [-0.15, -0.1) is 0 Å². The molecule has 4 aromatic rings. The Hall–Kier alpha value is -4.07. The highest BCUT2D eigenvalue weighted by Crippen LogP contribution is 2.20.